The molecule has 1 fully saturated rings. The Hall–Kier alpha value is -2.41. The van der Waals surface area contributed by atoms with Gasteiger partial charge in [0, 0.05) is 5.39 Å². The molecule has 0 aliphatic heterocycles. The summed E-state index contributed by atoms with van der Waals surface area (Å²) in [5.41, 5.74) is 4.60. The Labute approximate surface area is 174 Å². The maximum absolute atomic E-state index is 14.8. The van der Waals surface area contributed by atoms with E-state index in [1.54, 1.807) is 0 Å². The molecule has 1 saturated carbocycles. The van der Waals surface area contributed by atoms with Gasteiger partial charge in [0.25, 0.3) is 0 Å². The monoisotopic (exact) mass is 386 g/mol. The van der Waals surface area contributed by atoms with Gasteiger partial charge in [0.05, 0.1) is 0 Å². The van der Waals surface area contributed by atoms with Gasteiger partial charge < -0.3 is 0 Å². The zero-order chi connectivity index (χ0) is 20.2. The van der Waals surface area contributed by atoms with E-state index in [0.29, 0.717) is 17.7 Å². The minimum Gasteiger partial charge on any atom is -0.206 e. The lowest BCUT2D eigenvalue weighted by molar-refractivity contribution is 0.319. The third-order valence-corrected chi connectivity index (χ3v) is 6.79. The van der Waals surface area contributed by atoms with Crippen LogP contribution in [-0.4, -0.2) is 0 Å². The molecule has 1 aliphatic carbocycles. The molecule has 0 aromatic heterocycles. The van der Waals surface area contributed by atoms with Gasteiger partial charge in [-0.1, -0.05) is 68.0 Å². The Bertz CT molecular complexity index is 975. The Morgan fingerprint density at radius 1 is 0.931 bits per heavy atom. The van der Waals surface area contributed by atoms with Crippen molar-refractivity contribution >= 4 is 10.8 Å². The summed E-state index contributed by atoms with van der Waals surface area (Å²) < 4.78 is 14.8. The summed E-state index contributed by atoms with van der Waals surface area (Å²) in [5, 5.41) is 1.67. The lowest BCUT2D eigenvalue weighted by Gasteiger charge is -2.28. The summed E-state index contributed by atoms with van der Waals surface area (Å²) >= 11 is 0. The van der Waals surface area contributed by atoms with Gasteiger partial charge in [0.2, 0.25) is 0 Å². The number of benzene rings is 3. The fraction of sp³-hybridized carbons (Fsp3) is 0.357. The van der Waals surface area contributed by atoms with Crippen LogP contribution in [0.15, 0.2) is 67.3 Å². The van der Waals surface area contributed by atoms with E-state index in [9.17, 15) is 4.39 Å². The summed E-state index contributed by atoms with van der Waals surface area (Å²) in [6.45, 7) is 6.05. The van der Waals surface area contributed by atoms with E-state index < -0.39 is 0 Å². The van der Waals surface area contributed by atoms with Gasteiger partial charge in [-0.05, 0) is 84.1 Å². The van der Waals surface area contributed by atoms with Gasteiger partial charge >= 0.3 is 0 Å². The van der Waals surface area contributed by atoms with E-state index >= 15 is 0 Å². The van der Waals surface area contributed by atoms with Crippen molar-refractivity contribution in [2.75, 3.05) is 0 Å². The molecular weight excluding hydrogens is 355 g/mol. The highest BCUT2D eigenvalue weighted by atomic mass is 19.1. The first-order valence-electron chi connectivity index (χ1n) is 11.1. The van der Waals surface area contributed by atoms with Gasteiger partial charge in [-0.2, -0.15) is 0 Å². The number of hydrogen-bond acceptors (Lipinski definition) is 0. The third-order valence-electron chi connectivity index (χ3n) is 6.79. The number of rotatable bonds is 6. The van der Waals surface area contributed by atoms with Crippen molar-refractivity contribution in [2.45, 2.75) is 57.8 Å². The standard InChI is InChI=1S/C28H31F/c1-3-5-6-24-15-16-26-19-25(17-18-27(26)28(24)29)23-13-11-22(12-14-23)21-9-7-20(4-2)8-10-21/h3,11-21H,1,4-10H2,2H3. The molecule has 0 nitrogen and oxygen atoms in total. The van der Waals surface area contributed by atoms with E-state index in [0.717, 1.165) is 28.9 Å². The normalized spacial score (nSPS) is 19.4. The quantitative estimate of drug-likeness (QED) is 0.373. The Morgan fingerprint density at radius 2 is 1.66 bits per heavy atom. The van der Waals surface area contributed by atoms with Gasteiger partial charge in [-0.15, -0.1) is 6.58 Å². The summed E-state index contributed by atoms with van der Waals surface area (Å²) in [5.74, 6) is 1.56. The molecule has 3 aromatic rings. The third kappa shape index (κ3) is 4.29. The van der Waals surface area contributed by atoms with E-state index in [4.69, 9.17) is 0 Å². The van der Waals surface area contributed by atoms with Crippen molar-refractivity contribution in [2.24, 2.45) is 5.92 Å². The molecule has 0 bridgehead atoms. The SMILES string of the molecule is C=CCCc1ccc2cc(-c3ccc(C4CCC(CC)CC4)cc3)ccc2c1F. The van der Waals surface area contributed by atoms with Crippen molar-refractivity contribution in [3.8, 4) is 11.1 Å². The predicted octanol–water partition coefficient (Wildman–Crippen LogP) is 8.45. The summed E-state index contributed by atoms with van der Waals surface area (Å²) in [6.07, 6.45) is 10.0. The first-order chi connectivity index (χ1) is 14.2. The van der Waals surface area contributed by atoms with Crippen molar-refractivity contribution in [1.82, 2.24) is 0 Å². The van der Waals surface area contributed by atoms with E-state index in [-0.39, 0.29) is 5.82 Å². The highest BCUT2D eigenvalue weighted by Gasteiger charge is 2.21. The zero-order valence-corrected chi connectivity index (χ0v) is 17.5. The van der Waals surface area contributed by atoms with Crippen LogP contribution in [0.25, 0.3) is 21.9 Å². The molecule has 0 amide bonds. The number of hydrogen-bond donors (Lipinski definition) is 0. The predicted molar refractivity (Wildman–Crippen MR) is 123 cm³/mol. The average molecular weight is 387 g/mol. The molecule has 0 radical (unpaired) electrons. The zero-order valence-electron chi connectivity index (χ0n) is 17.5. The molecule has 0 saturated heterocycles. The van der Waals surface area contributed by atoms with Crippen molar-refractivity contribution in [3.63, 3.8) is 0 Å². The topological polar surface area (TPSA) is 0 Å². The van der Waals surface area contributed by atoms with Crippen molar-refractivity contribution in [3.05, 3.63) is 84.2 Å². The molecule has 29 heavy (non-hydrogen) atoms. The fourth-order valence-electron chi connectivity index (χ4n) is 4.82. The molecular formula is C28H31F. The van der Waals surface area contributed by atoms with Crippen LogP contribution in [0.4, 0.5) is 4.39 Å². The van der Waals surface area contributed by atoms with Crippen molar-refractivity contribution in [1.29, 1.82) is 0 Å². The van der Waals surface area contributed by atoms with Crippen LogP contribution in [0.3, 0.4) is 0 Å². The van der Waals surface area contributed by atoms with Crippen LogP contribution in [-0.2, 0) is 6.42 Å². The van der Waals surface area contributed by atoms with Crippen LogP contribution < -0.4 is 0 Å². The Balaban J connectivity index is 1.54. The molecule has 0 atom stereocenters. The fourth-order valence-corrected chi connectivity index (χ4v) is 4.82. The second-order valence-electron chi connectivity index (χ2n) is 8.55. The second kappa shape index (κ2) is 8.95. The smallest absolute Gasteiger partial charge is 0.134 e. The highest BCUT2D eigenvalue weighted by Crippen LogP contribution is 2.37. The van der Waals surface area contributed by atoms with E-state index in [2.05, 4.69) is 43.8 Å². The highest BCUT2D eigenvalue weighted by molar-refractivity contribution is 5.88. The second-order valence-corrected chi connectivity index (χ2v) is 8.55. The van der Waals surface area contributed by atoms with Gasteiger partial charge in [0.1, 0.15) is 5.82 Å². The van der Waals surface area contributed by atoms with E-state index in [1.807, 2.05) is 30.3 Å². The average Bonchev–Trinajstić information content (AvgIpc) is 2.78. The van der Waals surface area contributed by atoms with Crippen LogP contribution >= 0.6 is 0 Å². The maximum atomic E-state index is 14.8. The molecule has 150 valence electrons. The van der Waals surface area contributed by atoms with Crippen LogP contribution in [0.1, 0.15) is 62.5 Å². The Morgan fingerprint density at radius 3 is 2.34 bits per heavy atom. The first kappa shape index (κ1) is 19.9. The minimum absolute atomic E-state index is 0.0890. The largest absolute Gasteiger partial charge is 0.206 e. The molecule has 4 rings (SSSR count). The Kier molecular flexibility index (Phi) is 6.13. The van der Waals surface area contributed by atoms with Crippen molar-refractivity contribution < 1.29 is 4.39 Å². The molecule has 1 heteroatoms. The lowest BCUT2D eigenvalue weighted by atomic mass is 9.77. The van der Waals surface area contributed by atoms with Crippen LogP contribution in [0.2, 0.25) is 0 Å². The van der Waals surface area contributed by atoms with Gasteiger partial charge in [0.15, 0.2) is 0 Å². The van der Waals surface area contributed by atoms with Gasteiger partial charge in [-0.25, -0.2) is 4.39 Å². The number of fused-ring (bicyclic) bond motifs is 1. The molecule has 0 unspecified atom stereocenters. The summed E-state index contributed by atoms with van der Waals surface area (Å²) in [7, 11) is 0. The molecule has 3 aromatic carbocycles. The summed E-state index contributed by atoms with van der Waals surface area (Å²) in [4.78, 5) is 0. The number of aryl methyl sites for hydroxylation is 1. The molecule has 0 N–H and O–H groups in total. The lowest BCUT2D eigenvalue weighted by Crippen LogP contribution is -2.12. The van der Waals surface area contributed by atoms with Crippen LogP contribution in [0, 0.1) is 11.7 Å². The number of halogens is 1. The maximum Gasteiger partial charge on any atom is 0.134 e. The minimum atomic E-state index is -0.0890. The molecule has 1 aliphatic rings. The number of allylic oxidation sites excluding steroid dienone is 1. The summed E-state index contributed by atoms with van der Waals surface area (Å²) in [6, 6.07) is 19.1. The first-order valence-corrected chi connectivity index (χ1v) is 11.1. The molecule has 0 heterocycles. The van der Waals surface area contributed by atoms with Crippen LogP contribution in [0.5, 0.6) is 0 Å². The van der Waals surface area contributed by atoms with E-state index in [1.165, 1.54) is 43.2 Å². The van der Waals surface area contributed by atoms with Gasteiger partial charge in [-0.3, -0.25) is 0 Å². The molecule has 0 spiro atoms.